The van der Waals surface area contributed by atoms with Crippen molar-refractivity contribution in [3.63, 3.8) is 0 Å². The highest BCUT2D eigenvalue weighted by atomic mass is 79.9. The van der Waals surface area contributed by atoms with E-state index in [4.69, 9.17) is 16.7 Å². The highest BCUT2D eigenvalue weighted by molar-refractivity contribution is 9.10. The van der Waals surface area contributed by atoms with Crippen molar-refractivity contribution in [3.05, 3.63) is 39.2 Å². The number of halogens is 3. The Labute approximate surface area is 115 Å². The number of aryl methyl sites for hydroxylation is 1. The van der Waals surface area contributed by atoms with Crippen molar-refractivity contribution in [1.82, 2.24) is 9.78 Å². The second-order valence-corrected chi connectivity index (χ2v) is 4.89. The minimum absolute atomic E-state index is 0.0712. The van der Waals surface area contributed by atoms with Crippen LogP contribution < -0.4 is 0 Å². The Morgan fingerprint density at radius 1 is 1.50 bits per heavy atom. The summed E-state index contributed by atoms with van der Waals surface area (Å²) in [6.07, 6.45) is 0. The number of aromatic nitrogens is 2. The van der Waals surface area contributed by atoms with Gasteiger partial charge in [0.05, 0.1) is 10.7 Å². The molecule has 0 spiro atoms. The molecule has 1 aromatic carbocycles. The van der Waals surface area contributed by atoms with Gasteiger partial charge in [-0.1, -0.05) is 27.5 Å². The van der Waals surface area contributed by atoms with E-state index in [0.29, 0.717) is 15.7 Å². The number of benzene rings is 1. The topological polar surface area (TPSA) is 55.1 Å². The first-order valence-corrected chi connectivity index (χ1v) is 5.99. The van der Waals surface area contributed by atoms with Crippen LogP contribution in [0.5, 0.6) is 0 Å². The summed E-state index contributed by atoms with van der Waals surface area (Å²) < 4.78 is 15.4. The Morgan fingerprint density at radius 2 is 2.17 bits per heavy atom. The van der Waals surface area contributed by atoms with Crippen molar-refractivity contribution < 1.29 is 14.3 Å². The lowest BCUT2D eigenvalue weighted by Gasteiger charge is -2.06. The largest absolute Gasteiger partial charge is 0.476 e. The van der Waals surface area contributed by atoms with Gasteiger partial charge in [-0.3, -0.25) is 4.68 Å². The Kier molecular flexibility index (Phi) is 3.41. The number of aromatic carboxylic acids is 1. The molecule has 2 aromatic rings. The maximum Gasteiger partial charge on any atom is 0.356 e. The summed E-state index contributed by atoms with van der Waals surface area (Å²) in [4.78, 5) is 10.8. The number of hydrogen-bond acceptors (Lipinski definition) is 2. The molecule has 0 radical (unpaired) electrons. The molecule has 18 heavy (non-hydrogen) atoms. The van der Waals surface area contributed by atoms with Gasteiger partial charge in [-0.15, -0.1) is 0 Å². The summed E-state index contributed by atoms with van der Waals surface area (Å²) in [5.41, 5.74) is 0.688. The Bertz CT molecular complexity index is 642. The van der Waals surface area contributed by atoms with Crippen LogP contribution in [-0.2, 0) is 7.05 Å². The maximum atomic E-state index is 13.5. The summed E-state index contributed by atoms with van der Waals surface area (Å²) >= 11 is 9.04. The van der Waals surface area contributed by atoms with Crippen LogP contribution in [0, 0.1) is 5.82 Å². The fourth-order valence-electron chi connectivity index (χ4n) is 1.57. The van der Waals surface area contributed by atoms with Crippen molar-refractivity contribution in [2.45, 2.75) is 0 Å². The summed E-state index contributed by atoms with van der Waals surface area (Å²) in [6, 6.07) is 4.18. The van der Waals surface area contributed by atoms with Crippen molar-refractivity contribution >= 4 is 33.5 Å². The number of carbonyl (C=O) groups is 1. The van der Waals surface area contributed by atoms with Crippen LogP contribution in [0.3, 0.4) is 0 Å². The van der Waals surface area contributed by atoms with E-state index < -0.39 is 11.8 Å². The zero-order valence-corrected chi connectivity index (χ0v) is 11.5. The van der Waals surface area contributed by atoms with E-state index in [1.54, 1.807) is 13.1 Å². The smallest absolute Gasteiger partial charge is 0.356 e. The van der Waals surface area contributed by atoms with Gasteiger partial charge in [0.1, 0.15) is 5.82 Å². The first-order valence-electron chi connectivity index (χ1n) is 4.82. The van der Waals surface area contributed by atoms with E-state index in [-0.39, 0.29) is 10.7 Å². The summed E-state index contributed by atoms with van der Waals surface area (Å²) in [5, 5.41) is 12.6. The molecule has 1 aromatic heterocycles. The second-order valence-electron chi connectivity index (χ2n) is 3.59. The van der Waals surface area contributed by atoms with Gasteiger partial charge >= 0.3 is 5.97 Å². The fourth-order valence-corrected chi connectivity index (χ4v) is 2.20. The second kappa shape index (κ2) is 4.70. The molecule has 1 heterocycles. The van der Waals surface area contributed by atoms with Crippen LogP contribution >= 0.6 is 27.5 Å². The third kappa shape index (κ3) is 2.26. The lowest BCUT2D eigenvalue weighted by molar-refractivity contribution is 0.0689. The Morgan fingerprint density at radius 3 is 2.72 bits per heavy atom. The molecule has 0 atom stereocenters. The number of nitrogens with zero attached hydrogens (tertiary/aromatic N) is 2. The fraction of sp³-hybridized carbons (Fsp3) is 0.0909. The molecule has 0 fully saturated rings. The third-order valence-corrected chi connectivity index (χ3v) is 3.21. The number of carboxylic acids is 1. The average Bonchev–Trinajstić information content (AvgIpc) is 2.66. The predicted molar refractivity (Wildman–Crippen MR) is 68.3 cm³/mol. The monoisotopic (exact) mass is 332 g/mol. The molecule has 0 unspecified atom stereocenters. The quantitative estimate of drug-likeness (QED) is 0.858. The van der Waals surface area contributed by atoms with Gasteiger partial charge in [0, 0.05) is 17.1 Å². The molecular weight excluding hydrogens is 326 g/mol. The molecule has 7 heteroatoms. The summed E-state index contributed by atoms with van der Waals surface area (Å²) in [6.45, 7) is 0. The summed E-state index contributed by atoms with van der Waals surface area (Å²) in [7, 11) is 1.57. The first-order chi connectivity index (χ1) is 8.40. The van der Waals surface area contributed by atoms with Gasteiger partial charge in [0.15, 0.2) is 5.69 Å². The molecule has 0 amide bonds. The predicted octanol–water partition coefficient (Wildman–Crippen LogP) is 3.34. The third-order valence-electron chi connectivity index (χ3n) is 2.37. The molecule has 94 valence electrons. The summed E-state index contributed by atoms with van der Waals surface area (Å²) in [5.74, 6) is -1.73. The van der Waals surface area contributed by atoms with Crippen molar-refractivity contribution in [1.29, 1.82) is 0 Å². The first kappa shape index (κ1) is 13.0. The minimum atomic E-state index is -1.15. The molecule has 0 aliphatic carbocycles. The van der Waals surface area contributed by atoms with E-state index >= 15 is 0 Å². The van der Waals surface area contributed by atoms with Crippen molar-refractivity contribution in [2.24, 2.45) is 7.05 Å². The van der Waals surface area contributed by atoms with E-state index in [2.05, 4.69) is 21.0 Å². The molecular formula is C11H7BrClFN2O2. The van der Waals surface area contributed by atoms with Crippen LogP contribution in [0.25, 0.3) is 11.3 Å². The number of rotatable bonds is 2. The standard InChI is InChI=1S/C11H7BrClFN2O2/c1-16-9(4-8(15-16)11(17)18)6-2-5(12)3-7(14)10(6)13/h2-4H,1H3,(H,17,18). The van der Waals surface area contributed by atoms with Gasteiger partial charge in [-0.2, -0.15) is 5.10 Å². The Balaban J connectivity index is 2.65. The van der Waals surface area contributed by atoms with E-state index in [1.807, 2.05) is 0 Å². The SMILES string of the molecule is Cn1nc(C(=O)O)cc1-c1cc(Br)cc(F)c1Cl. The normalized spacial score (nSPS) is 10.7. The minimum Gasteiger partial charge on any atom is -0.476 e. The maximum absolute atomic E-state index is 13.5. The zero-order chi connectivity index (χ0) is 13.4. The van der Waals surface area contributed by atoms with E-state index in [0.717, 1.165) is 0 Å². The molecule has 1 N–H and O–H groups in total. The van der Waals surface area contributed by atoms with Gasteiger partial charge in [-0.05, 0) is 18.2 Å². The highest BCUT2D eigenvalue weighted by Gasteiger charge is 2.17. The number of carboxylic acid groups (broad SMARTS) is 1. The number of hydrogen-bond donors (Lipinski definition) is 1. The van der Waals surface area contributed by atoms with Crippen LogP contribution in [-0.4, -0.2) is 20.9 Å². The van der Waals surface area contributed by atoms with Crippen molar-refractivity contribution in [2.75, 3.05) is 0 Å². The van der Waals surface area contributed by atoms with Crippen LogP contribution in [0.1, 0.15) is 10.5 Å². The zero-order valence-electron chi connectivity index (χ0n) is 9.12. The van der Waals surface area contributed by atoms with Crippen LogP contribution in [0.2, 0.25) is 5.02 Å². The lowest BCUT2D eigenvalue weighted by Crippen LogP contribution is -1.99. The van der Waals surface area contributed by atoms with Crippen molar-refractivity contribution in [3.8, 4) is 11.3 Å². The molecule has 4 nitrogen and oxygen atoms in total. The Hall–Kier alpha value is -1.40. The molecule has 0 aliphatic heterocycles. The highest BCUT2D eigenvalue weighted by Crippen LogP contribution is 2.33. The van der Waals surface area contributed by atoms with Gasteiger partial charge < -0.3 is 5.11 Å². The van der Waals surface area contributed by atoms with Gasteiger partial charge in [0.25, 0.3) is 0 Å². The molecule has 0 saturated carbocycles. The molecule has 0 aliphatic rings. The molecule has 0 bridgehead atoms. The van der Waals surface area contributed by atoms with Gasteiger partial charge in [0.2, 0.25) is 0 Å². The van der Waals surface area contributed by atoms with Crippen LogP contribution in [0.4, 0.5) is 4.39 Å². The molecule has 0 saturated heterocycles. The van der Waals surface area contributed by atoms with Gasteiger partial charge in [-0.25, -0.2) is 9.18 Å². The van der Waals surface area contributed by atoms with E-state index in [1.165, 1.54) is 16.8 Å². The van der Waals surface area contributed by atoms with E-state index in [9.17, 15) is 9.18 Å². The van der Waals surface area contributed by atoms with Crippen LogP contribution in [0.15, 0.2) is 22.7 Å². The molecule has 2 rings (SSSR count). The average molecular weight is 334 g/mol. The lowest BCUT2D eigenvalue weighted by atomic mass is 10.1.